The highest BCUT2D eigenvalue weighted by atomic mass is 28.3. The molecule has 1 heterocycles. The van der Waals surface area contributed by atoms with E-state index in [-0.39, 0.29) is 22.5 Å². The maximum Gasteiger partial charge on any atom is 0.252 e. The maximum absolute atomic E-state index is 14.3. The summed E-state index contributed by atoms with van der Waals surface area (Å²) < 4.78 is 15.6. The Kier molecular flexibility index (Phi) is 5.14. The number of hydrogen-bond acceptors (Lipinski definition) is 3. The second-order valence-electron chi connectivity index (χ2n) is 6.73. The van der Waals surface area contributed by atoms with E-state index in [9.17, 15) is 14.0 Å². The van der Waals surface area contributed by atoms with Crippen LogP contribution in [0, 0.1) is 17.3 Å². The average molecular weight is 357 g/mol. The van der Waals surface area contributed by atoms with Crippen LogP contribution < -0.4 is 16.6 Å². The van der Waals surface area contributed by atoms with Gasteiger partial charge in [-0.2, -0.15) is 0 Å². The molecule has 0 fully saturated rings. The summed E-state index contributed by atoms with van der Waals surface area (Å²) in [5.74, 6) is 1.74. The van der Waals surface area contributed by atoms with Crippen molar-refractivity contribution in [3.05, 3.63) is 57.8 Å². The van der Waals surface area contributed by atoms with Crippen LogP contribution in [0.2, 0.25) is 19.6 Å². The van der Waals surface area contributed by atoms with Gasteiger partial charge < -0.3 is 15.6 Å². The first-order chi connectivity index (χ1) is 11.6. The number of aryl methyl sites for hydroxylation is 1. The summed E-state index contributed by atoms with van der Waals surface area (Å²) in [6, 6.07) is 5.73. The second-order valence-corrected chi connectivity index (χ2v) is 11.5. The Morgan fingerprint density at radius 1 is 1.24 bits per heavy atom. The lowest BCUT2D eigenvalue weighted by molar-refractivity contribution is 0.100. The summed E-state index contributed by atoms with van der Waals surface area (Å²) >= 11 is 0. The molecule has 7 heteroatoms. The number of primary amides is 1. The molecule has 1 amide bonds. The topological polar surface area (TPSA) is 77.1 Å². The summed E-state index contributed by atoms with van der Waals surface area (Å²) in [5.41, 5.74) is 9.12. The van der Waals surface area contributed by atoms with Gasteiger partial charge in [0.05, 0.1) is 16.9 Å². The lowest BCUT2D eigenvalue weighted by Gasteiger charge is -2.12. The third-order valence-corrected chi connectivity index (χ3v) is 4.19. The number of nitrogens with zero attached hydrogens (tertiary/aromatic N) is 1. The molecule has 25 heavy (non-hydrogen) atoms. The molecule has 0 aliphatic carbocycles. The predicted octanol–water partition coefficient (Wildman–Crippen LogP) is 2.60. The fourth-order valence-corrected chi connectivity index (χ4v) is 2.55. The molecule has 0 aliphatic heterocycles. The summed E-state index contributed by atoms with van der Waals surface area (Å²) in [5, 5.41) is 2.76. The lowest BCUT2D eigenvalue weighted by atomic mass is 10.1. The van der Waals surface area contributed by atoms with E-state index in [1.54, 1.807) is 6.07 Å². The molecule has 130 valence electrons. The summed E-state index contributed by atoms with van der Waals surface area (Å²) in [4.78, 5) is 23.3. The van der Waals surface area contributed by atoms with E-state index in [4.69, 9.17) is 5.73 Å². The number of benzene rings is 1. The van der Waals surface area contributed by atoms with E-state index >= 15 is 0 Å². The first-order valence-electron chi connectivity index (χ1n) is 7.67. The van der Waals surface area contributed by atoms with Crippen molar-refractivity contribution in [3.63, 3.8) is 0 Å². The van der Waals surface area contributed by atoms with E-state index in [2.05, 4.69) is 36.4 Å². The minimum absolute atomic E-state index is 0.101. The van der Waals surface area contributed by atoms with Gasteiger partial charge in [-0.15, -0.1) is 5.54 Å². The number of nitrogens with two attached hydrogens (primary N) is 1. The molecule has 1 aromatic heterocycles. The zero-order valence-electron chi connectivity index (χ0n) is 14.6. The molecule has 0 unspecified atom stereocenters. The number of rotatable bonds is 3. The molecule has 2 aromatic rings. The predicted molar refractivity (Wildman–Crippen MR) is 100 cm³/mol. The Bertz CT molecular complexity index is 950. The van der Waals surface area contributed by atoms with Crippen LogP contribution in [0.1, 0.15) is 15.9 Å². The third-order valence-electron chi connectivity index (χ3n) is 3.31. The summed E-state index contributed by atoms with van der Waals surface area (Å²) in [6.07, 6.45) is 1.32. The Morgan fingerprint density at radius 2 is 1.92 bits per heavy atom. The summed E-state index contributed by atoms with van der Waals surface area (Å²) in [6.45, 7) is 6.31. The van der Waals surface area contributed by atoms with Gasteiger partial charge in [-0.05, 0) is 18.2 Å². The van der Waals surface area contributed by atoms with Crippen molar-refractivity contribution in [2.24, 2.45) is 12.8 Å². The zero-order valence-corrected chi connectivity index (χ0v) is 15.6. The van der Waals surface area contributed by atoms with Crippen molar-refractivity contribution in [3.8, 4) is 11.5 Å². The number of amides is 1. The number of nitrogens with one attached hydrogen (secondary N) is 1. The van der Waals surface area contributed by atoms with Crippen LogP contribution in [0.15, 0.2) is 35.3 Å². The highest BCUT2D eigenvalue weighted by molar-refractivity contribution is 6.83. The third kappa shape index (κ3) is 4.81. The fourth-order valence-electron chi connectivity index (χ4n) is 2.03. The van der Waals surface area contributed by atoms with Gasteiger partial charge >= 0.3 is 0 Å². The quantitative estimate of drug-likeness (QED) is 0.655. The number of carbonyl (C=O) groups is 1. The summed E-state index contributed by atoms with van der Waals surface area (Å²) in [7, 11) is -0.0462. The Balaban J connectivity index is 2.39. The first-order valence-corrected chi connectivity index (χ1v) is 11.2. The number of aromatic nitrogens is 1. The van der Waals surface area contributed by atoms with Crippen LogP contribution in [-0.2, 0) is 7.05 Å². The van der Waals surface area contributed by atoms with Crippen molar-refractivity contribution in [1.29, 1.82) is 0 Å². The molecule has 0 radical (unpaired) electrons. The van der Waals surface area contributed by atoms with Crippen LogP contribution in [0.4, 0.5) is 15.8 Å². The van der Waals surface area contributed by atoms with Crippen molar-refractivity contribution in [1.82, 2.24) is 4.57 Å². The van der Waals surface area contributed by atoms with E-state index in [0.717, 1.165) is 0 Å². The van der Waals surface area contributed by atoms with Gasteiger partial charge in [0.15, 0.2) is 0 Å². The molecular formula is C18H20FN3O2Si. The molecule has 5 nitrogen and oxygen atoms in total. The van der Waals surface area contributed by atoms with Crippen LogP contribution in [0.25, 0.3) is 0 Å². The lowest BCUT2D eigenvalue weighted by Crippen LogP contribution is -2.22. The van der Waals surface area contributed by atoms with Gasteiger partial charge in [-0.3, -0.25) is 9.59 Å². The van der Waals surface area contributed by atoms with Gasteiger partial charge in [0.1, 0.15) is 13.9 Å². The molecule has 0 atom stereocenters. The Labute approximate surface area is 146 Å². The highest BCUT2D eigenvalue weighted by Crippen LogP contribution is 2.22. The van der Waals surface area contributed by atoms with Gasteiger partial charge in [0, 0.05) is 24.9 Å². The van der Waals surface area contributed by atoms with Crippen molar-refractivity contribution in [2.45, 2.75) is 19.6 Å². The van der Waals surface area contributed by atoms with Crippen molar-refractivity contribution in [2.75, 3.05) is 5.32 Å². The first kappa shape index (κ1) is 18.5. The standard InChI is InChI=1S/C18H20FN3O2Si/c1-22-11-13(18(20)24)16(10-17(22)23)21-15-6-5-12(9-14(15)19)7-8-25(2,3)4/h5-6,9-11,21H,1-4H3,(H2,20,24). The van der Waals surface area contributed by atoms with Crippen molar-refractivity contribution >= 4 is 25.4 Å². The van der Waals surface area contributed by atoms with E-state index in [1.807, 2.05) is 0 Å². The average Bonchev–Trinajstić information content (AvgIpc) is 2.50. The van der Waals surface area contributed by atoms with Crippen LogP contribution in [-0.4, -0.2) is 18.5 Å². The molecule has 1 aromatic carbocycles. The monoisotopic (exact) mass is 357 g/mol. The number of hydrogen-bond donors (Lipinski definition) is 2. The largest absolute Gasteiger partial charge is 0.365 e. The van der Waals surface area contributed by atoms with Gasteiger partial charge in [0.25, 0.3) is 11.5 Å². The van der Waals surface area contributed by atoms with Gasteiger partial charge in [-0.25, -0.2) is 4.39 Å². The van der Waals surface area contributed by atoms with E-state index in [0.29, 0.717) is 5.56 Å². The molecular weight excluding hydrogens is 337 g/mol. The van der Waals surface area contributed by atoms with Crippen LogP contribution >= 0.6 is 0 Å². The Morgan fingerprint density at radius 3 is 2.48 bits per heavy atom. The number of carbonyl (C=O) groups excluding carboxylic acids is 1. The fraction of sp³-hybridized carbons (Fsp3) is 0.222. The number of anilines is 2. The van der Waals surface area contributed by atoms with E-state index in [1.165, 1.54) is 36.0 Å². The molecule has 0 saturated heterocycles. The maximum atomic E-state index is 14.3. The molecule has 0 aliphatic rings. The second kappa shape index (κ2) is 6.95. The van der Waals surface area contributed by atoms with Crippen LogP contribution in [0.5, 0.6) is 0 Å². The van der Waals surface area contributed by atoms with Crippen molar-refractivity contribution < 1.29 is 9.18 Å². The zero-order chi connectivity index (χ0) is 18.8. The minimum Gasteiger partial charge on any atom is -0.365 e. The molecule has 0 saturated carbocycles. The van der Waals surface area contributed by atoms with Gasteiger partial charge in [0.2, 0.25) is 0 Å². The van der Waals surface area contributed by atoms with Crippen LogP contribution in [0.3, 0.4) is 0 Å². The van der Waals surface area contributed by atoms with Gasteiger partial charge in [-0.1, -0.05) is 25.6 Å². The molecule has 0 bridgehead atoms. The number of pyridine rings is 1. The smallest absolute Gasteiger partial charge is 0.252 e. The normalized spacial score (nSPS) is 10.8. The van der Waals surface area contributed by atoms with E-state index < -0.39 is 19.8 Å². The molecule has 0 spiro atoms. The highest BCUT2D eigenvalue weighted by Gasteiger charge is 2.13. The Hall–Kier alpha value is -2.85. The minimum atomic E-state index is -1.55. The SMILES string of the molecule is Cn1cc(C(N)=O)c(Nc2ccc(C#C[Si](C)(C)C)cc2F)cc1=O. The number of halogens is 1. The molecule has 3 N–H and O–H groups in total. The molecule has 2 rings (SSSR count).